The number of fused-ring (bicyclic) bond motifs is 1. The highest BCUT2D eigenvalue weighted by Crippen LogP contribution is 2.37. The van der Waals surface area contributed by atoms with E-state index >= 15 is 0 Å². The van der Waals surface area contributed by atoms with Gasteiger partial charge in [-0.25, -0.2) is 4.99 Å². The van der Waals surface area contributed by atoms with Gasteiger partial charge >= 0.3 is 0 Å². The molecule has 1 atom stereocenters. The van der Waals surface area contributed by atoms with E-state index < -0.39 is 0 Å². The standard InChI is InChI=1S/C18H20ClN3O3.HI/c1-23-14-7-6-11(8-16(14)24-2)9-21-18(20)22-13-10-25-15-5-3-4-12(19)17(13)15;/h3-8,13H,9-10H2,1-2H3,(H3,20,21,22);1H. The first-order chi connectivity index (χ1) is 12.1. The highest BCUT2D eigenvalue weighted by molar-refractivity contribution is 14.0. The number of benzene rings is 2. The molecule has 1 unspecified atom stereocenters. The monoisotopic (exact) mass is 489 g/mol. The van der Waals surface area contributed by atoms with E-state index in [2.05, 4.69) is 10.3 Å². The lowest BCUT2D eigenvalue weighted by Gasteiger charge is -2.13. The Hall–Kier alpha value is -1.87. The maximum absolute atomic E-state index is 6.26. The second kappa shape index (κ2) is 9.18. The minimum absolute atomic E-state index is 0. The van der Waals surface area contributed by atoms with E-state index in [1.807, 2.05) is 36.4 Å². The maximum atomic E-state index is 6.26. The predicted molar refractivity (Wildman–Crippen MR) is 113 cm³/mol. The number of halogens is 2. The summed E-state index contributed by atoms with van der Waals surface area (Å²) in [5.41, 5.74) is 7.89. The van der Waals surface area contributed by atoms with Crippen LogP contribution in [0.1, 0.15) is 17.2 Å². The van der Waals surface area contributed by atoms with Crippen LogP contribution in [0.2, 0.25) is 5.02 Å². The van der Waals surface area contributed by atoms with E-state index in [-0.39, 0.29) is 30.0 Å². The van der Waals surface area contributed by atoms with Crippen LogP contribution in [0.4, 0.5) is 0 Å². The number of hydrogen-bond acceptors (Lipinski definition) is 4. The first-order valence-corrected chi connectivity index (χ1v) is 8.18. The molecule has 0 saturated carbocycles. The number of guanidine groups is 1. The van der Waals surface area contributed by atoms with Gasteiger partial charge in [-0.1, -0.05) is 23.7 Å². The number of hydrogen-bond donors (Lipinski definition) is 2. The van der Waals surface area contributed by atoms with E-state index in [0.29, 0.717) is 35.6 Å². The van der Waals surface area contributed by atoms with Gasteiger partial charge in [-0.2, -0.15) is 0 Å². The smallest absolute Gasteiger partial charge is 0.189 e. The van der Waals surface area contributed by atoms with Crippen LogP contribution < -0.4 is 25.3 Å². The number of rotatable bonds is 5. The second-order valence-electron chi connectivity index (χ2n) is 5.55. The van der Waals surface area contributed by atoms with E-state index in [0.717, 1.165) is 16.9 Å². The summed E-state index contributed by atoms with van der Waals surface area (Å²) in [6.07, 6.45) is 0. The van der Waals surface area contributed by atoms with Gasteiger partial charge in [0.1, 0.15) is 12.4 Å². The van der Waals surface area contributed by atoms with Crippen molar-refractivity contribution in [2.24, 2.45) is 10.7 Å². The molecule has 0 spiro atoms. The summed E-state index contributed by atoms with van der Waals surface area (Å²) in [6.45, 7) is 0.883. The van der Waals surface area contributed by atoms with Crippen molar-refractivity contribution >= 4 is 41.5 Å². The van der Waals surface area contributed by atoms with Gasteiger partial charge in [-0.05, 0) is 29.8 Å². The molecule has 1 aliphatic heterocycles. The molecule has 1 heterocycles. The highest BCUT2D eigenvalue weighted by atomic mass is 127. The second-order valence-corrected chi connectivity index (χ2v) is 5.96. The summed E-state index contributed by atoms with van der Waals surface area (Å²) in [4.78, 5) is 4.38. The first-order valence-electron chi connectivity index (χ1n) is 7.81. The van der Waals surface area contributed by atoms with Crippen molar-refractivity contribution in [1.82, 2.24) is 5.32 Å². The maximum Gasteiger partial charge on any atom is 0.189 e. The Labute approximate surface area is 174 Å². The number of aliphatic imine (C=N–C) groups is 1. The molecule has 3 N–H and O–H groups in total. The normalized spacial score (nSPS) is 15.5. The van der Waals surface area contributed by atoms with Crippen LogP contribution in [-0.4, -0.2) is 26.8 Å². The lowest BCUT2D eigenvalue weighted by molar-refractivity contribution is 0.324. The Kier molecular flexibility index (Phi) is 7.22. The summed E-state index contributed by atoms with van der Waals surface area (Å²) < 4.78 is 16.1. The fraction of sp³-hybridized carbons (Fsp3) is 0.278. The molecule has 0 radical (unpaired) electrons. The van der Waals surface area contributed by atoms with Crippen molar-refractivity contribution in [2.45, 2.75) is 12.6 Å². The Morgan fingerprint density at radius 2 is 2.04 bits per heavy atom. The van der Waals surface area contributed by atoms with Crippen molar-refractivity contribution < 1.29 is 14.2 Å². The molecule has 0 amide bonds. The number of nitrogens with zero attached hydrogens (tertiary/aromatic N) is 1. The van der Waals surface area contributed by atoms with Crippen LogP contribution in [0.25, 0.3) is 0 Å². The fourth-order valence-electron chi connectivity index (χ4n) is 2.73. The van der Waals surface area contributed by atoms with E-state index in [4.69, 9.17) is 31.5 Å². The molecule has 0 fully saturated rings. The van der Waals surface area contributed by atoms with Crippen LogP contribution in [0.15, 0.2) is 41.4 Å². The largest absolute Gasteiger partial charge is 0.493 e. The topological polar surface area (TPSA) is 78.1 Å². The van der Waals surface area contributed by atoms with Crippen LogP contribution in [0.5, 0.6) is 17.2 Å². The molecule has 0 aromatic heterocycles. The zero-order valence-corrected chi connectivity index (χ0v) is 17.6. The summed E-state index contributed by atoms with van der Waals surface area (Å²) in [5, 5.41) is 3.81. The molecule has 2 aromatic carbocycles. The Balaban J connectivity index is 0.00000243. The zero-order valence-electron chi connectivity index (χ0n) is 14.5. The molecule has 0 bridgehead atoms. The van der Waals surface area contributed by atoms with Crippen molar-refractivity contribution in [3.05, 3.63) is 52.5 Å². The minimum atomic E-state index is -0.113. The quantitative estimate of drug-likeness (QED) is 0.382. The Morgan fingerprint density at radius 1 is 1.27 bits per heavy atom. The van der Waals surface area contributed by atoms with Gasteiger partial charge in [-0.15, -0.1) is 24.0 Å². The Morgan fingerprint density at radius 3 is 2.77 bits per heavy atom. The first kappa shape index (κ1) is 20.4. The van der Waals surface area contributed by atoms with Crippen molar-refractivity contribution in [2.75, 3.05) is 20.8 Å². The van der Waals surface area contributed by atoms with Gasteiger partial charge < -0.3 is 25.3 Å². The molecule has 6 nitrogen and oxygen atoms in total. The molecular formula is C18H21ClIN3O3. The average Bonchev–Trinajstić information content (AvgIpc) is 3.03. The number of methoxy groups -OCH3 is 2. The predicted octanol–water partition coefficient (Wildman–Crippen LogP) is 3.51. The Bertz CT molecular complexity index is 801. The van der Waals surface area contributed by atoms with E-state index in [1.165, 1.54) is 0 Å². The summed E-state index contributed by atoms with van der Waals surface area (Å²) in [5.74, 6) is 2.44. The molecule has 0 saturated heterocycles. The van der Waals surface area contributed by atoms with E-state index in [9.17, 15) is 0 Å². The van der Waals surface area contributed by atoms with Crippen LogP contribution in [0, 0.1) is 0 Å². The molecule has 26 heavy (non-hydrogen) atoms. The van der Waals surface area contributed by atoms with Crippen LogP contribution in [0.3, 0.4) is 0 Å². The van der Waals surface area contributed by atoms with Gasteiger partial charge in [0.05, 0.1) is 26.8 Å². The number of nitrogens with one attached hydrogen (secondary N) is 1. The van der Waals surface area contributed by atoms with Gasteiger partial charge in [0, 0.05) is 10.6 Å². The lowest BCUT2D eigenvalue weighted by atomic mass is 10.1. The van der Waals surface area contributed by atoms with Gasteiger partial charge in [0.25, 0.3) is 0 Å². The van der Waals surface area contributed by atoms with Crippen LogP contribution in [-0.2, 0) is 6.54 Å². The third kappa shape index (κ3) is 4.45. The van der Waals surface area contributed by atoms with Gasteiger partial charge in [0.2, 0.25) is 0 Å². The van der Waals surface area contributed by atoms with Crippen molar-refractivity contribution in [3.8, 4) is 17.2 Å². The van der Waals surface area contributed by atoms with Crippen molar-refractivity contribution in [3.63, 3.8) is 0 Å². The number of nitrogens with two attached hydrogens (primary N) is 1. The molecule has 8 heteroatoms. The summed E-state index contributed by atoms with van der Waals surface area (Å²) in [6, 6.07) is 11.1. The third-order valence-corrected chi connectivity index (χ3v) is 4.30. The van der Waals surface area contributed by atoms with Crippen molar-refractivity contribution in [1.29, 1.82) is 0 Å². The minimum Gasteiger partial charge on any atom is -0.493 e. The molecule has 3 rings (SSSR count). The fourth-order valence-corrected chi connectivity index (χ4v) is 3.03. The SMILES string of the molecule is COc1ccc(CN=C(N)NC2COc3cccc(Cl)c32)cc1OC.I. The van der Waals surface area contributed by atoms with E-state index in [1.54, 1.807) is 14.2 Å². The van der Waals surface area contributed by atoms with Gasteiger partial charge in [0.15, 0.2) is 17.5 Å². The summed E-state index contributed by atoms with van der Waals surface area (Å²) in [7, 11) is 3.20. The lowest BCUT2D eigenvalue weighted by Crippen LogP contribution is -2.35. The van der Waals surface area contributed by atoms with Crippen LogP contribution >= 0.6 is 35.6 Å². The van der Waals surface area contributed by atoms with Gasteiger partial charge in [-0.3, -0.25) is 0 Å². The molecular weight excluding hydrogens is 469 g/mol. The number of ether oxygens (including phenoxy) is 3. The molecule has 2 aromatic rings. The molecule has 1 aliphatic rings. The zero-order chi connectivity index (χ0) is 17.8. The molecule has 140 valence electrons. The highest BCUT2D eigenvalue weighted by Gasteiger charge is 2.26. The summed E-state index contributed by atoms with van der Waals surface area (Å²) >= 11 is 6.26. The third-order valence-electron chi connectivity index (χ3n) is 3.97. The molecule has 0 aliphatic carbocycles. The average molecular weight is 490 g/mol.